The van der Waals surface area contributed by atoms with Gasteiger partial charge in [0.1, 0.15) is 0 Å². The minimum Gasteiger partial charge on any atom is -0.397 e. The van der Waals surface area contributed by atoms with Crippen LogP contribution in [0, 0.1) is 11.6 Å². The predicted molar refractivity (Wildman–Crippen MR) is 73.1 cm³/mol. The molecule has 0 aliphatic rings. The first kappa shape index (κ1) is 13.8. The Morgan fingerprint density at radius 2 is 1.85 bits per heavy atom. The Balaban J connectivity index is 2.15. The third-order valence-corrected chi connectivity index (χ3v) is 2.80. The van der Waals surface area contributed by atoms with Gasteiger partial charge in [-0.15, -0.1) is 0 Å². The topological polar surface area (TPSA) is 81.1 Å². The van der Waals surface area contributed by atoms with E-state index in [2.05, 4.69) is 5.32 Å². The lowest BCUT2D eigenvalue weighted by atomic mass is 10.1. The molecule has 0 fully saturated rings. The summed E-state index contributed by atoms with van der Waals surface area (Å²) in [6.07, 6.45) is 0. The number of benzene rings is 2. The maximum atomic E-state index is 13.1. The second kappa shape index (κ2) is 5.56. The molecule has 4 nitrogen and oxygen atoms in total. The summed E-state index contributed by atoms with van der Waals surface area (Å²) in [5.74, 6) is -2.38. The number of anilines is 2. The van der Waals surface area contributed by atoms with Crippen molar-refractivity contribution in [3.05, 3.63) is 59.2 Å². The molecule has 1 amide bonds. The minimum atomic E-state index is -0.914. The van der Waals surface area contributed by atoms with Crippen LogP contribution in [-0.4, -0.2) is 5.91 Å². The second-order valence-corrected chi connectivity index (χ2v) is 4.27. The fourth-order valence-corrected chi connectivity index (χ4v) is 1.71. The number of hydrogen-bond acceptors (Lipinski definition) is 3. The van der Waals surface area contributed by atoms with E-state index in [9.17, 15) is 13.6 Å². The molecule has 6 heteroatoms. The summed E-state index contributed by atoms with van der Waals surface area (Å²) in [7, 11) is 0. The summed E-state index contributed by atoms with van der Waals surface area (Å²) < 4.78 is 25.9. The third kappa shape index (κ3) is 3.03. The number of hydrogen-bond donors (Lipinski definition) is 3. The molecule has 5 N–H and O–H groups in total. The van der Waals surface area contributed by atoms with E-state index >= 15 is 0 Å². The van der Waals surface area contributed by atoms with Gasteiger partial charge in [-0.25, -0.2) is 8.78 Å². The lowest BCUT2D eigenvalue weighted by Gasteiger charge is -2.10. The predicted octanol–water partition coefficient (Wildman–Crippen LogP) is 2.26. The van der Waals surface area contributed by atoms with Crippen LogP contribution >= 0.6 is 0 Å². The minimum absolute atomic E-state index is 0.240. The summed E-state index contributed by atoms with van der Waals surface area (Å²) in [6.45, 7) is 0.240. The van der Waals surface area contributed by atoms with Gasteiger partial charge in [0.25, 0.3) is 0 Å². The monoisotopic (exact) mass is 277 g/mol. The number of nitrogens with one attached hydrogen (secondary N) is 1. The summed E-state index contributed by atoms with van der Waals surface area (Å²) in [5.41, 5.74) is 12.7. The van der Waals surface area contributed by atoms with E-state index in [-0.39, 0.29) is 6.54 Å². The van der Waals surface area contributed by atoms with Gasteiger partial charge in [-0.3, -0.25) is 4.79 Å². The highest BCUT2D eigenvalue weighted by molar-refractivity contribution is 5.94. The standard InChI is InChI=1S/C14H13F2N3O/c15-10-3-1-8(5-11(10)16)7-19-13-6-9(14(18)20)2-4-12(13)17/h1-6,19H,7,17H2,(H2,18,20). The molecule has 0 heterocycles. The lowest BCUT2D eigenvalue weighted by Crippen LogP contribution is -2.12. The van der Waals surface area contributed by atoms with Gasteiger partial charge < -0.3 is 16.8 Å². The number of primary amides is 1. The highest BCUT2D eigenvalue weighted by Gasteiger charge is 2.06. The fourth-order valence-electron chi connectivity index (χ4n) is 1.71. The van der Waals surface area contributed by atoms with Gasteiger partial charge in [-0.1, -0.05) is 6.07 Å². The fraction of sp³-hybridized carbons (Fsp3) is 0.0714. The molecule has 20 heavy (non-hydrogen) atoms. The van der Waals surface area contributed by atoms with Gasteiger partial charge in [-0.05, 0) is 35.9 Å². The number of carbonyl (C=O) groups excluding carboxylic acids is 1. The van der Waals surface area contributed by atoms with Crippen LogP contribution in [0.3, 0.4) is 0 Å². The van der Waals surface area contributed by atoms with E-state index in [0.29, 0.717) is 22.5 Å². The van der Waals surface area contributed by atoms with Gasteiger partial charge >= 0.3 is 0 Å². The maximum Gasteiger partial charge on any atom is 0.248 e. The van der Waals surface area contributed by atoms with E-state index in [1.807, 2.05) is 0 Å². The largest absolute Gasteiger partial charge is 0.397 e. The molecule has 104 valence electrons. The summed E-state index contributed by atoms with van der Waals surface area (Å²) >= 11 is 0. The molecule has 0 aliphatic carbocycles. The molecule has 0 bridgehead atoms. The van der Waals surface area contributed by atoms with Gasteiger partial charge in [0.2, 0.25) is 5.91 Å². The number of carbonyl (C=O) groups is 1. The molecule has 0 saturated heterocycles. The quantitative estimate of drug-likeness (QED) is 0.750. The van der Waals surface area contributed by atoms with Crippen LogP contribution in [-0.2, 0) is 6.54 Å². The van der Waals surface area contributed by atoms with E-state index in [0.717, 1.165) is 12.1 Å². The van der Waals surface area contributed by atoms with Crippen LogP contribution in [0.25, 0.3) is 0 Å². The normalized spacial score (nSPS) is 10.3. The second-order valence-electron chi connectivity index (χ2n) is 4.27. The van der Waals surface area contributed by atoms with Crippen molar-refractivity contribution in [3.8, 4) is 0 Å². The highest BCUT2D eigenvalue weighted by Crippen LogP contribution is 2.21. The van der Waals surface area contributed by atoms with Crippen molar-refractivity contribution in [1.29, 1.82) is 0 Å². The number of halogens is 2. The first-order valence-electron chi connectivity index (χ1n) is 5.84. The zero-order chi connectivity index (χ0) is 14.7. The molecule has 0 aromatic heterocycles. The van der Waals surface area contributed by atoms with E-state index in [1.165, 1.54) is 18.2 Å². The van der Waals surface area contributed by atoms with Crippen LogP contribution in [0.4, 0.5) is 20.2 Å². The van der Waals surface area contributed by atoms with E-state index < -0.39 is 17.5 Å². The van der Waals surface area contributed by atoms with Gasteiger partial charge in [0, 0.05) is 12.1 Å². The Bertz CT molecular complexity index is 659. The molecule has 2 rings (SSSR count). The van der Waals surface area contributed by atoms with Crippen LogP contribution in [0.15, 0.2) is 36.4 Å². The van der Waals surface area contributed by atoms with Crippen molar-refractivity contribution >= 4 is 17.3 Å². The van der Waals surface area contributed by atoms with Crippen molar-refractivity contribution in [3.63, 3.8) is 0 Å². The Morgan fingerprint density at radius 3 is 2.50 bits per heavy atom. The Labute approximate surface area is 114 Å². The van der Waals surface area contributed by atoms with E-state index in [4.69, 9.17) is 11.5 Å². The summed E-state index contributed by atoms with van der Waals surface area (Å²) in [6, 6.07) is 8.18. The molecule has 0 saturated carbocycles. The van der Waals surface area contributed by atoms with Crippen molar-refractivity contribution < 1.29 is 13.6 Å². The SMILES string of the molecule is NC(=O)c1ccc(N)c(NCc2ccc(F)c(F)c2)c1. The van der Waals surface area contributed by atoms with Crippen molar-refractivity contribution in [2.45, 2.75) is 6.54 Å². The number of nitrogens with two attached hydrogens (primary N) is 2. The molecule has 0 atom stereocenters. The molecule has 2 aromatic carbocycles. The van der Waals surface area contributed by atoms with Crippen molar-refractivity contribution in [2.75, 3.05) is 11.1 Å². The summed E-state index contributed by atoms with van der Waals surface area (Å²) in [4.78, 5) is 11.1. The van der Waals surface area contributed by atoms with Crippen LogP contribution < -0.4 is 16.8 Å². The molecular formula is C14H13F2N3O. The Kier molecular flexibility index (Phi) is 3.84. The van der Waals surface area contributed by atoms with Crippen LogP contribution in [0.2, 0.25) is 0 Å². The molecule has 0 radical (unpaired) electrons. The zero-order valence-corrected chi connectivity index (χ0v) is 10.5. The Hall–Kier alpha value is -2.63. The lowest BCUT2D eigenvalue weighted by molar-refractivity contribution is 0.100. The number of rotatable bonds is 4. The van der Waals surface area contributed by atoms with Gasteiger partial charge in [0.15, 0.2) is 11.6 Å². The average molecular weight is 277 g/mol. The maximum absolute atomic E-state index is 13.1. The molecule has 0 spiro atoms. The van der Waals surface area contributed by atoms with Gasteiger partial charge in [0.05, 0.1) is 11.4 Å². The van der Waals surface area contributed by atoms with Crippen LogP contribution in [0.1, 0.15) is 15.9 Å². The average Bonchev–Trinajstić information content (AvgIpc) is 2.41. The smallest absolute Gasteiger partial charge is 0.248 e. The molecule has 0 unspecified atom stereocenters. The Morgan fingerprint density at radius 1 is 1.10 bits per heavy atom. The van der Waals surface area contributed by atoms with Gasteiger partial charge in [-0.2, -0.15) is 0 Å². The van der Waals surface area contributed by atoms with Crippen molar-refractivity contribution in [1.82, 2.24) is 0 Å². The van der Waals surface area contributed by atoms with Crippen LogP contribution in [0.5, 0.6) is 0 Å². The first-order chi connectivity index (χ1) is 9.47. The highest BCUT2D eigenvalue weighted by atomic mass is 19.2. The zero-order valence-electron chi connectivity index (χ0n) is 10.5. The van der Waals surface area contributed by atoms with E-state index in [1.54, 1.807) is 6.07 Å². The number of nitrogen functional groups attached to an aromatic ring is 1. The number of amides is 1. The van der Waals surface area contributed by atoms with Crippen molar-refractivity contribution in [2.24, 2.45) is 5.73 Å². The molecule has 0 aliphatic heterocycles. The molecule has 2 aromatic rings. The molecular weight excluding hydrogens is 264 g/mol. The summed E-state index contributed by atoms with van der Waals surface area (Å²) in [5, 5.41) is 2.95. The first-order valence-corrected chi connectivity index (χ1v) is 5.84. The third-order valence-electron chi connectivity index (χ3n) is 2.80.